The molecule has 0 bridgehead atoms. The highest BCUT2D eigenvalue weighted by Crippen LogP contribution is 2.27. The molecule has 2 aromatic carbocycles. The third kappa shape index (κ3) is 4.43. The molecule has 1 aliphatic heterocycles. The van der Waals surface area contributed by atoms with Crippen molar-refractivity contribution in [3.05, 3.63) is 53.6 Å². The molecule has 3 aromatic rings. The van der Waals surface area contributed by atoms with Gasteiger partial charge in [-0.1, -0.05) is 18.2 Å². The number of benzene rings is 2. The Morgan fingerprint density at radius 3 is 2.27 bits per heavy atom. The van der Waals surface area contributed by atoms with Crippen LogP contribution >= 0.6 is 11.9 Å². The van der Waals surface area contributed by atoms with E-state index in [1.165, 1.54) is 16.8 Å². The molecule has 4 rings (SSSR count). The van der Waals surface area contributed by atoms with E-state index < -0.39 is 0 Å². The number of nitrogens with zero attached hydrogens (tertiary/aromatic N) is 4. The minimum atomic E-state index is -0.0351. The molecule has 0 atom stereocenters. The van der Waals surface area contributed by atoms with Crippen LogP contribution in [0, 0.1) is 13.8 Å². The standard InChI is InChI=1S/C22H25N5O2S/c1-15-12-16(2)14-17(13-15)26-8-10-27(11-9-26)22(28)30-25-20-21(29-3)24-19-7-5-4-6-18(19)23-20/h4-7,12-14H,8-11H2,1-3H3,(H,23,25). The summed E-state index contributed by atoms with van der Waals surface area (Å²) in [6.45, 7) is 7.22. The van der Waals surface area contributed by atoms with Crippen molar-refractivity contribution in [2.75, 3.05) is 42.9 Å². The second-order valence-electron chi connectivity index (χ2n) is 7.36. The highest BCUT2D eigenvalue weighted by Gasteiger charge is 2.23. The number of hydrogen-bond donors (Lipinski definition) is 1. The molecule has 156 valence electrons. The fraction of sp³-hybridized carbons (Fsp3) is 0.318. The Morgan fingerprint density at radius 2 is 1.63 bits per heavy atom. The van der Waals surface area contributed by atoms with Crippen molar-refractivity contribution >= 4 is 39.7 Å². The van der Waals surface area contributed by atoms with Crippen LogP contribution in [0.15, 0.2) is 42.5 Å². The summed E-state index contributed by atoms with van der Waals surface area (Å²) in [6, 6.07) is 14.1. The molecule has 0 spiro atoms. The highest BCUT2D eigenvalue weighted by molar-refractivity contribution is 8.14. The van der Waals surface area contributed by atoms with E-state index in [9.17, 15) is 4.79 Å². The second kappa shape index (κ2) is 8.79. The van der Waals surface area contributed by atoms with Crippen LogP contribution in [0.4, 0.5) is 16.3 Å². The van der Waals surface area contributed by atoms with Gasteiger partial charge in [-0.2, -0.15) is 0 Å². The summed E-state index contributed by atoms with van der Waals surface area (Å²) in [5, 5.41) is -0.0351. The number of fused-ring (bicyclic) bond motifs is 1. The molecule has 1 aromatic heterocycles. The van der Waals surface area contributed by atoms with Crippen molar-refractivity contribution in [2.45, 2.75) is 13.8 Å². The molecule has 1 fully saturated rings. The summed E-state index contributed by atoms with van der Waals surface area (Å²) in [6.07, 6.45) is 0. The van der Waals surface area contributed by atoms with E-state index in [2.05, 4.69) is 51.6 Å². The molecule has 0 saturated carbocycles. The number of rotatable bonds is 4. The number of anilines is 2. The number of nitrogens with one attached hydrogen (secondary N) is 1. The molecule has 30 heavy (non-hydrogen) atoms. The molecule has 0 radical (unpaired) electrons. The van der Waals surface area contributed by atoms with Crippen molar-refractivity contribution < 1.29 is 9.53 Å². The monoisotopic (exact) mass is 423 g/mol. The van der Waals surface area contributed by atoms with E-state index in [1.54, 1.807) is 7.11 Å². The van der Waals surface area contributed by atoms with Crippen LogP contribution in [-0.4, -0.2) is 53.4 Å². The van der Waals surface area contributed by atoms with Crippen LogP contribution in [0.5, 0.6) is 5.88 Å². The van der Waals surface area contributed by atoms with Crippen molar-refractivity contribution in [1.29, 1.82) is 0 Å². The number of piperazine rings is 1. The normalized spacial score (nSPS) is 14.1. The Labute approximate surface area is 180 Å². The Balaban J connectivity index is 1.37. The maximum Gasteiger partial charge on any atom is 0.302 e. The summed E-state index contributed by atoms with van der Waals surface area (Å²) < 4.78 is 8.36. The summed E-state index contributed by atoms with van der Waals surface area (Å²) in [5.41, 5.74) is 5.23. The summed E-state index contributed by atoms with van der Waals surface area (Å²) in [4.78, 5) is 25.9. The molecule has 2 heterocycles. The maximum atomic E-state index is 12.7. The van der Waals surface area contributed by atoms with Crippen molar-refractivity contribution in [3.8, 4) is 5.88 Å². The first-order valence-electron chi connectivity index (χ1n) is 9.89. The van der Waals surface area contributed by atoms with Crippen LogP contribution in [0.1, 0.15) is 11.1 Å². The molecule has 1 saturated heterocycles. The van der Waals surface area contributed by atoms with Crippen LogP contribution in [0.3, 0.4) is 0 Å². The van der Waals surface area contributed by atoms with Gasteiger partial charge in [-0.15, -0.1) is 0 Å². The van der Waals surface area contributed by atoms with Crippen LogP contribution in [0.25, 0.3) is 11.0 Å². The third-order valence-electron chi connectivity index (χ3n) is 5.08. The first-order chi connectivity index (χ1) is 14.5. The average Bonchev–Trinajstić information content (AvgIpc) is 2.76. The number of carbonyl (C=O) groups is 1. The SMILES string of the molecule is COc1nc2ccccc2nc1NSC(=O)N1CCN(c2cc(C)cc(C)c2)CC1. The van der Waals surface area contributed by atoms with E-state index in [-0.39, 0.29) is 5.24 Å². The summed E-state index contributed by atoms with van der Waals surface area (Å²) in [7, 11) is 1.54. The first-order valence-corrected chi connectivity index (χ1v) is 10.7. The topological polar surface area (TPSA) is 70.6 Å². The quantitative estimate of drug-likeness (QED) is 0.629. The van der Waals surface area contributed by atoms with Gasteiger partial charge in [0.1, 0.15) is 0 Å². The molecular formula is C22H25N5O2S. The minimum Gasteiger partial charge on any atom is -0.478 e. The molecule has 7 nitrogen and oxygen atoms in total. The van der Waals surface area contributed by atoms with Crippen LogP contribution in [-0.2, 0) is 0 Å². The van der Waals surface area contributed by atoms with Crippen LogP contribution < -0.4 is 14.4 Å². The van der Waals surface area contributed by atoms with Gasteiger partial charge in [-0.25, -0.2) is 9.97 Å². The smallest absolute Gasteiger partial charge is 0.302 e. The Kier molecular flexibility index (Phi) is 5.94. The van der Waals surface area contributed by atoms with Gasteiger partial charge in [-0.3, -0.25) is 4.79 Å². The number of amides is 1. The van der Waals surface area contributed by atoms with E-state index in [0.29, 0.717) is 24.8 Å². The second-order valence-corrected chi connectivity index (χ2v) is 8.12. The lowest BCUT2D eigenvalue weighted by atomic mass is 10.1. The average molecular weight is 424 g/mol. The van der Waals surface area contributed by atoms with Gasteiger partial charge in [0.25, 0.3) is 5.88 Å². The summed E-state index contributed by atoms with van der Waals surface area (Å²) in [5.74, 6) is 0.817. The van der Waals surface area contributed by atoms with Gasteiger partial charge >= 0.3 is 5.24 Å². The van der Waals surface area contributed by atoms with Gasteiger partial charge in [0, 0.05) is 43.8 Å². The lowest BCUT2D eigenvalue weighted by Crippen LogP contribution is -2.47. The number of aryl methyl sites for hydroxylation is 2. The Bertz CT molecular complexity index is 1050. The number of ether oxygens (including phenoxy) is 1. The van der Waals surface area contributed by atoms with Crippen LogP contribution in [0.2, 0.25) is 0 Å². The van der Waals surface area contributed by atoms with E-state index in [4.69, 9.17) is 4.74 Å². The molecule has 0 unspecified atom stereocenters. The van der Waals surface area contributed by atoms with E-state index in [0.717, 1.165) is 36.1 Å². The van der Waals surface area contributed by atoms with Crippen molar-refractivity contribution in [3.63, 3.8) is 0 Å². The van der Waals surface area contributed by atoms with Gasteiger partial charge in [-0.05, 0) is 49.2 Å². The third-order valence-corrected chi connectivity index (χ3v) is 5.80. The minimum absolute atomic E-state index is 0.0351. The molecule has 1 amide bonds. The highest BCUT2D eigenvalue weighted by atomic mass is 32.2. The van der Waals surface area contributed by atoms with Crippen molar-refractivity contribution in [2.24, 2.45) is 0 Å². The zero-order chi connectivity index (χ0) is 21.1. The fourth-order valence-corrected chi connectivity index (χ4v) is 4.26. The lowest BCUT2D eigenvalue weighted by molar-refractivity contribution is 0.219. The summed E-state index contributed by atoms with van der Waals surface area (Å²) >= 11 is 1.01. The molecule has 1 aliphatic rings. The Morgan fingerprint density at radius 1 is 1.00 bits per heavy atom. The van der Waals surface area contributed by atoms with E-state index >= 15 is 0 Å². The fourth-order valence-electron chi connectivity index (χ4n) is 3.63. The maximum absolute atomic E-state index is 12.7. The number of methoxy groups -OCH3 is 1. The lowest BCUT2D eigenvalue weighted by Gasteiger charge is -2.36. The van der Waals surface area contributed by atoms with E-state index in [1.807, 2.05) is 29.2 Å². The zero-order valence-electron chi connectivity index (χ0n) is 17.4. The van der Waals surface area contributed by atoms with Gasteiger partial charge in [0.05, 0.1) is 18.1 Å². The van der Waals surface area contributed by atoms with Gasteiger partial charge < -0.3 is 19.3 Å². The number of hydrogen-bond acceptors (Lipinski definition) is 7. The number of para-hydroxylation sites is 2. The molecule has 1 N–H and O–H groups in total. The Hall–Kier alpha value is -3.00. The predicted molar refractivity (Wildman–Crippen MR) is 122 cm³/mol. The number of carbonyl (C=O) groups excluding carboxylic acids is 1. The molecule has 8 heteroatoms. The number of aromatic nitrogens is 2. The molecule has 0 aliphatic carbocycles. The van der Waals surface area contributed by atoms with Gasteiger partial charge in [0.2, 0.25) is 5.82 Å². The zero-order valence-corrected chi connectivity index (χ0v) is 18.2. The van der Waals surface area contributed by atoms with Gasteiger partial charge in [0.15, 0.2) is 0 Å². The molecular weight excluding hydrogens is 398 g/mol. The predicted octanol–water partition coefficient (Wildman–Crippen LogP) is 4.26. The van der Waals surface area contributed by atoms with Crippen molar-refractivity contribution in [1.82, 2.24) is 14.9 Å². The first kappa shape index (κ1) is 20.3. The largest absolute Gasteiger partial charge is 0.478 e.